The summed E-state index contributed by atoms with van der Waals surface area (Å²) in [5.74, 6) is 0.0666. The third-order valence-electron chi connectivity index (χ3n) is 2.20. The Labute approximate surface area is 101 Å². The number of carbonyl (C=O) groups excluding carboxylic acids is 1. The van der Waals surface area contributed by atoms with Gasteiger partial charge in [-0.15, -0.1) is 0 Å². The number of esters is 1. The van der Waals surface area contributed by atoms with Gasteiger partial charge in [0, 0.05) is 18.8 Å². The molecule has 94 valence electrons. The lowest BCUT2D eigenvalue weighted by Crippen LogP contribution is -2.26. The number of hydrogen-bond donors (Lipinski definition) is 2. The van der Waals surface area contributed by atoms with Crippen molar-refractivity contribution in [3.8, 4) is 0 Å². The normalized spacial score (nSPS) is 12.0. The van der Waals surface area contributed by atoms with Crippen molar-refractivity contribution >= 4 is 11.9 Å². The fraction of sp³-hybridized carbons (Fsp3) is 0.545. The van der Waals surface area contributed by atoms with Crippen molar-refractivity contribution in [2.45, 2.75) is 26.8 Å². The molecule has 3 N–H and O–H groups in total. The van der Waals surface area contributed by atoms with E-state index in [9.17, 15) is 4.79 Å². The van der Waals surface area contributed by atoms with E-state index in [4.69, 9.17) is 10.5 Å². The van der Waals surface area contributed by atoms with E-state index < -0.39 is 5.97 Å². The van der Waals surface area contributed by atoms with Gasteiger partial charge in [0.15, 0.2) is 0 Å². The molecule has 0 fully saturated rings. The van der Waals surface area contributed by atoms with Crippen molar-refractivity contribution in [2.75, 3.05) is 18.5 Å². The molecule has 0 bridgehead atoms. The highest BCUT2D eigenvalue weighted by molar-refractivity contribution is 5.90. The molecule has 1 aromatic heterocycles. The number of nitrogens with two attached hydrogens (primary N) is 1. The monoisotopic (exact) mass is 238 g/mol. The van der Waals surface area contributed by atoms with Gasteiger partial charge in [-0.1, -0.05) is 0 Å². The summed E-state index contributed by atoms with van der Waals surface area (Å²) in [7, 11) is 0. The maximum atomic E-state index is 11.5. The van der Waals surface area contributed by atoms with Gasteiger partial charge >= 0.3 is 5.97 Å². The SMILES string of the molecule is CCOC(=O)c1cnc(NC(C)CN)nc1C. The Morgan fingerprint density at radius 1 is 1.65 bits per heavy atom. The average Bonchev–Trinajstić information content (AvgIpc) is 2.29. The molecule has 0 aliphatic carbocycles. The summed E-state index contributed by atoms with van der Waals surface area (Å²) < 4.78 is 4.89. The van der Waals surface area contributed by atoms with Gasteiger partial charge in [-0.2, -0.15) is 0 Å². The van der Waals surface area contributed by atoms with Gasteiger partial charge in [0.25, 0.3) is 0 Å². The summed E-state index contributed by atoms with van der Waals surface area (Å²) in [4.78, 5) is 19.8. The lowest BCUT2D eigenvalue weighted by Gasteiger charge is -2.12. The zero-order chi connectivity index (χ0) is 12.8. The summed E-state index contributed by atoms with van der Waals surface area (Å²) >= 11 is 0. The van der Waals surface area contributed by atoms with Gasteiger partial charge in [-0.25, -0.2) is 14.8 Å². The van der Waals surface area contributed by atoms with Gasteiger partial charge in [-0.05, 0) is 20.8 Å². The smallest absolute Gasteiger partial charge is 0.341 e. The van der Waals surface area contributed by atoms with Crippen LogP contribution in [0.25, 0.3) is 0 Å². The van der Waals surface area contributed by atoms with Crippen LogP contribution in [0.4, 0.5) is 5.95 Å². The largest absolute Gasteiger partial charge is 0.462 e. The van der Waals surface area contributed by atoms with E-state index in [1.54, 1.807) is 13.8 Å². The number of rotatable bonds is 5. The van der Waals surface area contributed by atoms with Crippen LogP contribution in [0.2, 0.25) is 0 Å². The molecular weight excluding hydrogens is 220 g/mol. The highest BCUT2D eigenvalue weighted by Gasteiger charge is 2.13. The van der Waals surface area contributed by atoms with Gasteiger partial charge in [0.1, 0.15) is 0 Å². The number of ether oxygens (including phenoxy) is 1. The molecule has 17 heavy (non-hydrogen) atoms. The van der Waals surface area contributed by atoms with Gasteiger partial charge in [0.2, 0.25) is 5.95 Å². The number of carbonyl (C=O) groups is 1. The van der Waals surface area contributed by atoms with Crippen LogP contribution < -0.4 is 11.1 Å². The molecule has 0 saturated carbocycles. The van der Waals surface area contributed by atoms with E-state index in [0.29, 0.717) is 30.4 Å². The van der Waals surface area contributed by atoms with Crippen molar-refractivity contribution in [3.63, 3.8) is 0 Å². The second-order valence-electron chi connectivity index (χ2n) is 3.69. The highest BCUT2D eigenvalue weighted by Crippen LogP contribution is 2.09. The average molecular weight is 238 g/mol. The zero-order valence-corrected chi connectivity index (χ0v) is 10.4. The van der Waals surface area contributed by atoms with Crippen molar-refractivity contribution in [1.82, 2.24) is 9.97 Å². The van der Waals surface area contributed by atoms with Crippen LogP contribution in [-0.2, 0) is 4.74 Å². The minimum absolute atomic E-state index is 0.0860. The zero-order valence-electron chi connectivity index (χ0n) is 10.4. The van der Waals surface area contributed by atoms with Crippen LogP contribution in [0.5, 0.6) is 0 Å². The number of hydrogen-bond acceptors (Lipinski definition) is 6. The molecule has 1 aromatic rings. The quantitative estimate of drug-likeness (QED) is 0.735. The first kappa shape index (κ1) is 13.4. The summed E-state index contributed by atoms with van der Waals surface area (Å²) in [6, 6.07) is 0.0860. The third-order valence-corrected chi connectivity index (χ3v) is 2.20. The van der Waals surface area contributed by atoms with Crippen molar-refractivity contribution in [3.05, 3.63) is 17.5 Å². The third kappa shape index (κ3) is 3.67. The number of nitrogens with zero attached hydrogens (tertiary/aromatic N) is 2. The highest BCUT2D eigenvalue weighted by atomic mass is 16.5. The second kappa shape index (κ2) is 6.15. The Morgan fingerprint density at radius 3 is 2.88 bits per heavy atom. The molecule has 0 saturated heterocycles. The Balaban J connectivity index is 2.82. The second-order valence-corrected chi connectivity index (χ2v) is 3.69. The molecule has 1 atom stereocenters. The standard InChI is InChI=1S/C11H18N4O2/c1-4-17-10(16)9-6-13-11(15-8(9)3)14-7(2)5-12/h6-7H,4-5,12H2,1-3H3,(H,13,14,15). The molecule has 0 spiro atoms. The molecule has 0 aliphatic rings. The molecule has 1 rings (SSSR count). The predicted molar refractivity (Wildman–Crippen MR) is 64.9 cm³/mol. The van der Waals surface area contributed by atoms with Crippen LogP contribution in [0.15, 0.2) is 6.20 Å². The first-order valence-corrected chi connectivity index (χ1v) is 5.55. The molecule has 0 amide bonds. The fourth-order valence-electron chi connectivity index (χ4n) is 1.23. The number of aromatic nitrogens is 2. The van der Waals surface area contributed by atoms with Gasteiger partial charge in [-0.3, -0.25) is 0 Å². The molecule has 1 heterocycles. The van der Waals surface area contributed by atoms with Crippen molar-refractivity contribution in [2.24, 2.45) is 5.73 Å². The molecule has 6 heteroatoms. The molecule has 0 aliphatic heterocycles. The first-order valence-electron chi connectivity index (χ1n) is 5.55. The van der Waals surface area contributed by atoms with Crippen LogP contribution in [0.1, 0.15) is 29.9 Å². The van der Waals surface area contributed by atoms with Crippen LogP contribution in [0, 0.1) is 6.92 Å². The summed E-state index contributed by atoms with van der Waals surface area (Å²) in [5.41, 5.74) is 6.46. The molecule has 6 nitrogen and oxygen atoms in total. The van der Waals surface area contributed by atoms with Crippen LogP contribution >= 0.6 is 0 Å². The molecule has 1 unspecified atom stereocenters. The minimum atomic E-state index is -0.400. The first-order chi connectivity index (χ1) is 8.08. The Kier molecular flexibility index (Phi) is 4.84. The molecule has 0 aromatic carbocycles. The number of anilines is 1. The van der Waals surface area contributed by atoms with Gasteiger partial charge < -0.3 is 15.8 Å². The van der Waals surface area contributed by atoms with E-state index in [-0.39, 0.29) is 6.04 Å². The summed E-state index contributed by atoms with van der Waals surface area (Å²) in [6.45, 7) is 6.25. The van der Waals surface area contributed by atoms with Gasteiger partial charge in [0.05, 0.1) is 17.9 Å². The van der Waals surface area contributed by atoms with E-state index in [1.165, 1.54) is 6.20 Å². The van der Waals surface area contributed by atoms with E-state index in [0.717, 1.165) is 0 Å². The lowest BCUT2D eigenvalue weighted by atomic mass is 10.2. The maximum absolute atomic E-state index is 11.5. The summed E-state index contributed by atoms with van der Waals surface area (Å²) in [5, 5.41) is 3.03. The van der Waals surface area contributed by atoms with Crippen LogP contribution in [-0.4, -0.2) is 35.1 Å². The Morgan fingerprint density at radius 2 is 2.35 bits per heavy atom. The maximum Gasteiger partial charge on any atom is 0.341 e. The van der Waals surface area contributed by atoms with E-state index in [2.05, 4.69) is 15.3 Å². The van der Waals surface area contributed by atoms with Crippen LogP contribution in [0.3, 0.4) is 0 Å². The van der Waals surface area contributed by atoms with E-state index in [1.807, 2.05) is 6.92 Å². The number of nitrogens with one attached hydrogen (secondary N) is 1. The molecule has 0 radical (unpaired) electrons. The topological polar surface area (TPSA) is 90.1 Å². The lowest BCUT2D eigenvalue weighted by molar-refractivity contribution is 0.0524. The van der Waals surface area contributed by atoms with E-state index >= 15 is 0 Å². The summed E-state index contributed by atoms with van der Waals surface area (Å²) in [6.07, 6.45) is 1.46. The Bertz CT molecular complexity index is 395. The van der Waals surface area contributed by atoms with Crippen molar-refractivity contribution < 1.29 is 9.53 Å². The predicted octanol–water partition coefficient (Wildman–Crippen LogP) is 0.721. The fourth-order valence-corrected chi connectivity index (χ4v) is 1.23. The minimum Gasteiger partial charge on any atom is -0.462 e. The van der Waals surface area contributed by atoms with Crippen molar-refractivity contribution in [1.29, 1.82) is 0 Å². The number of aryl methyl sites for hydroxylation is 1. The Hall–Kier alpha value is -1.69. The molecular formula is C11H18N4O2.